The average molecular weight is 473 g/mol. The lowest BCUT2D eigenvalue weighted by Gasteiger charge is -2.56. The minimum Gasteiger partial charge on any atom is -0.493 e. The summed E-state index contributed by atoms with van der Waals surface area (Å²) in [5, 5.41) is 5.68. The third-order valence-corrected chi connectivity index (χ3v) is 9.33. The molecule has 1 aliphatic heterocycles. The first kappa shape index (κ1) is 21.7. The molecule has 4 aliphatic carbocycles. The minimum atomic E-state index is -0.0474. The summed E-state index contributed by atoms with van der Waals surface area (Å²) >= 11 is 0. The first-order valence-corrected chi connectivity index (χ1v) is 13.7. The van der Waals surface area contributed by atoms with Gasteiger partial charge in [-0.1, -0.05) is 0 Å². The van der Waals surface area contributed by atoms with Gasteiger partial charge in [0.2, 0.25) is 0 Å². The van der Waals surface area contributed by atoms with Crippen LogP contribution in [0.4, 0.5) is 0 Å². The van der Waals surface area contributed by atoms with Gasteiger partial charge in [-0.05, 0) is 106 Å². The molecule has 0 spiro atoms. The van der Waals surface area contributed by atoms with Crippen LogP contribution in [-0.4, -0.2) is 45.5 Å². The van der Waals surface area contributed by atoms with Gasteiger partial charge in [-0.2, -0.15) is 5.10 Å². The molecule has 1 aromatic carbocycles. The number of aromatic nitrogens is 3. The Morgan fingerprint density at radius 2 is 1.69 bits per heavy atom. The van der Waals surface area contributed by atoms with E-state index in [0.29, 0.717) is 11.2 Å². The van der Waals surface area contributed by atoms with E-state index in [4.69, 9.17) is 4.74 Å². The number of rotatable bonds is 7. The topological polar surface area (TPSA) is 52.3 Å². The van der Waals surface area contributed by atoms with E-state index in [0.717, 1.165) is 54.0 Å². The van der Waals surface area contributed by atoms with Gasteiger partial charge in [-0.15, -0.1) is 0 Å². The molecule has 0 amide bonds. The summed E-state index contributed by atoms with van der Waals surface area (Å²) in [7, 11) is 0. The molecule has 0 unspecified atom stereocenters. The number of ether oxygens (including phenoxy) is 1. The number of pyridine rings is 1. The fourth-order valence-corrected chi connectivity index (χ4v) is 8.11. The van der Waals surface area contributed by atoms with Crippen LogP contribution < -0.4 is 10.3 Å². The summed E-state index contributed by atoms with van der Waals surface area (Å²) < 4.78 is 10.1. The molecule has 6 heteroatoms. The number of likely N-dealkylation sites (tertiary alicyclic amines) is 1. The molecule has 1 saturated heterocycles. The Morgan fingerprint density at radius 1 is 0.943 bits per heavy atom. The maximum Gasteiger partial charge on any atom is 0.258 e. The van der Waals surface area contributed by atoms with E-state index >= 15 is 0 Å². The lowest BCUT2D eigenvalue weighted by Crippen LogP contribution is -2.48. The highest BCUT2D eigenvalue weighted by Crippen LogP contribution is 2.60. The van der Waals surface area contributed by atoms with Crippen molar-refractivity contribution in [3.8, 4) is 11.4 Å². The lowest BCUT2D eigenvalue weighted by atomic mass is 9.50. The summed E-state index contributed by atoms with van der Waals surface area (Å²) in [6.45, 7) is 5.12. The Bertz CT molecular complexity index is 1250. The summed E-state index contributed by atoms with van der Waals surface area (Å²) in [5.74, 6) is 3.45. The van der Waals surface area contributed by atoms with E-state index in [2.05, 4.69) is 26.8 Å². The lowest BCUT2D eigenvalue weighted by molar-refractivity contribution is -0.0745. The molecule has 0 radical (unpaired) electrons. The standard InChI is InChI=1S/C29H36N4O2/c34-28-15-26(35-20-29-16-21-11-22(17-29)13-23(12-21)18-29)5-8-32(28)25-3-4-27-24(14-25)19-30-33(27)10-9-31-6-1-2-7-31/h3-5,8,14-15,19,21-23H,1-2,6-7,9-13,16-18,20H2. The van der Waals surface area contributed by atoms with Gasteiger partial charge in [-0.25, -0.2) is 0 Å². The highest BCUT2D eigenvalue weighted by molar-refractivity contribution is 5.80. The van der Waals surface area contributed by atoms with Gasteiger partial charge < -0.3 is 9.64 Å². The molecule has 4 bridgehead atoms. The van der Waals surface area contributed by atoms with Crippen molar-refractivity contribution in [3.63, 3.8) is 0 Å². The zero-order chi connectivity index (χ0) is 23.4. The van der Waals surface area contributed by atoms with Gasteiger partial charge in [0, 0.05) is 35.3 Å². The Morgan fingerprint density at radius 3 is 2.40 bits per heavy atom. The summed E-state index contributed by atoms with van der Waals surface area (Å²) in [4.78, 5) is 15.5. The smallest absolute Gasteiger partial charge is 0.258 e. The van der Waals surface area contributed by atoms with E-state index in [-0.39, 0.29) is 5.56 Å². The Kier molecular flexibility index (Phi) is 5.27. The van der Waals surface area contributed by atoms with Crippen molar-refractivity contribution in [1.29, 1.82) is 0 Å². The number of fused-ring (bicyclic) bond motifs is 1. The van der Waals surface area contributed by atoms with Gasteiger partial charge in [0.25, 0.3) is 5.56 Å². The zero-order valence-corrected chi connectivity index (χ0v) is 20.6. The summed E-state index contributed by atoms with van der Waals surface area (Å²) in [6.07, 6.45) is 14.7. The van der Waals surface area contributed by atoms with Crippen LogP contribution in [-0.2, 0) is 6.54 Å². The van der Waals surface area contributed by atoms with Crippen molar-refractivity contribution < 1.29 is 4.74 Å². The molecule has 35 heavy (non-hydrogen) atoms. The van der Waals surface area contributed by atoms with Gasteiger partial charge in [-0.3, -0.25) is 14.0 Å². The molecule has 3 heterocycles. The highest BCUT2D eigenvalue weighted by Gasteiger charge is 2.51. The number of benzene rings is 1. The van der Waals surface area contributed by atoms with Crippen molar-refractivity contribution in [2.45, 2.75) is 57.9 Å². The van der Waals surface area contributed by atoms with Gasteiger partial charge in [0.05, 0.1) is 24.9 Å². The second-order valence-electron chi connectivity index (χ2n) is 11.9. The first-order chi connectivity index (χ1) is 17.1. The SMILES string of the molecule is O=c1cc(OCC23CC4CC(CC(C4)C2)C3)ccn1-c1ccc2c(cnn2CCN2CCCC2)c1. The Balaban J connectivity index is 1.05. The zero-order valence-electron chi connectivity index (χ0n) is 20.6. The first-order valence-electron chi connectivity index (χ1n) is 13.7. The van der Waals surface area contributed by atoms with Crippen LogP contribution in [0.15, 0.2) is 47.5 Å². The summed E-state index contributed by atoms with van der Waals surface area (Å²) in [5.41, 5.74) is 2.29. The molecule has 8 rings (SSSR count). The van der Waals surface area contributed by atoms with Crippen molar-refractivity contribution in [1.82, 2.24) is 19.2 Å². The van der Waals surface area contributed by atoms with Crippen LogP contribution in [0.5, 0.6) is 5.75 Å². The number of nitrogens with zero attached hydrogens (tertiary/aromatic N) is 4. The van der Waals surface area contributed by atoms with Crippen LogP contribution in [0.3, 0.4) is 0 Å². The third kappa shape index (κ3) is 4.10. The molecule has 2 aromatic heterocycles. The van der Waals surface area contributed by atoms with Crippen molar-refractivity contribution >= 4 is 10.9 Å². The monoisotopic (exact) mass is 472 g/mol. The second kappa shape index (κ2) is 8.51. The molecule has 184 valence electrons. The molecule has 5 fully saturated rings. The molecular formula is C29H36N4O2. The molecule has 6 nitrogen and oxygen atoms in total. The fraction of sp³-hybridized carbons (Fsp3) is 0.586. The van der Waals surface area contributed by atoms with Crippen LogP contribution >= 0.6 is 0 Å². The molecule has 4 saturated carbocycles. The van der Waals surface area contributed by atoms with Gasteiger partial charge in [0.1, 0.15) is 5.75 Å². The molecule has 3 aromatic rings. The van der Waals surface area contributed by atoms with E-state index in [1.807, 2.05) is 24.5 Å². The minimum absolute atomic E-state index is 0.0474. The molecular weight excluding hydrogens is 436 g/mol. The Hall–Kier alpha value is -2.60. The normalized spacial score (nSPS) is 29.9. The van der Waals surface area contributed by atoms with E-state index in [1.54, 1.807) is 10.6 Å². The number of hydrogen-bond donors (Lipinski definition) is 0. The molecule has 0 N–H and O–H groups in total. The molecule has 0 atom stereocenters. The predicted octanol–water partition coefficient (Wildman–Crippen LogP) is 4.88. The van der Waals surface area contributed by atoms with Crippen molar-refractivity contribution in [2.24, 2.45) is 23.2 Å². The maximum absolute atomic E-state index is 13.0. The van der Waals surface area contributed by atoms with Gasteiger partial charge in [0.15, 0.2) is 0 Å². The van der Waals surface area contributed by atoms with Crippen LogP contribution in [0, 0.1) is 23.2 Å². The van der Waals surface area contributed by atoms with E-state index in [1.165, 1.54) is 64.5 Å². The Labute approximate surface area is 206 Å². The van der Waals surface area contributed by atoms with Crippen LogP contribution in [0.2, 0.25) is 0 Å². The average Bonchev–Trinajstić information content (AvgIpc) is 3.50. The molecule has 5 aliphatic rings. The fourth-order valence-electron chi connectivity index (χ4n) is 8.11. The summed E-state index contributed by atoms with van der Waals surface area (Å²) in [6, 6.07) is 9.78. The van der Waals surface area contributed by atoms with E-state index < -0.39 is 0 Å². The quantitative estimate of drug-likeness (QED) is 0.492. The number of hydrogen-bond acceptors (Lipinski definition) is 4. The van der Waals surface area contributed by atoms with Crippen molar-refractivity contribution in [3.05, 3.63) is 53.1 Å². The highest BCUT2D eigenvalue weighted by atomic mass is 16.5. The maximum atomic E-state index is 13.0. The predicted molar refractivity (Wildman–Crippen MR) is 137 cm³/mol. The third-order valence-electron chi connectivity index (χ3n) is 9.33. The van der Waals surface area contributed by atoms with Crippen molar-refractivity contribution in [2.75, 3.05) is 26.2 Å². The van der Waals surface area contributed by atoms with E-state index in [9.17, 15) is 4.79 Å². The van der Waals surface area contributed by atoms with Crippen LogP contribution in [0.1, 0.15) is 51.4 Å². The van der Waals surface area contributed by atoms with Gasteiger partial charge >= 0.3 is 0 Å². The second-order valence-corrected chi connectivity index (χ2v) is 11.9. The van der Waals surface area contributed by atoms with Crippen LogP contribution in [0.25, 0.3) is 16.6 Å². The largest absolute Gasteiger partial charge is 0.493 e.